The third kappa shape index (κ3) is 3.90. The fourth-order valence-electron chi connectivity index (χ4n) is 3.69. The maximum Gasteiger partial charge on any atom is 0.224 e. The van der Waals surface area contributed by atoms with E-state index < -0.39 is 5.92 Å². The third-order valence-corrected chi connectivity index (χ3v) is 5.03. The molecule has 1 aliphatic rings. The van der Waals surface area contributed by atoms with Crippen molar-refractivity contribution in [2.24, 2.45) is 5.92 Å². The molecule has 1 aromatic carbocycles. The number of fused-ring (bicyclic) bond motifs is 1. The van der Waals surface area contributed by atoms with Crippen LogP contribution in [0.5, 0.6) is 0 Å². The van der Waals surface area contributed by atoms with Crippen molar-refractivity contribution >= 4 is 23.1 Å². The summed E-state index contributed by atoms with van der Waals surface area (Å²) in [6.45, 7) is 0.0572. The molecule has 0 fully saturated rings. The molecule has 0 saturated carbocycles. The van der Waals surface area contributed by atoms with Crippen LogP contribution >= 0.6 is 0 Å². The number of ketones is 1. The zero-order valence-corrected chi connectivity index (χ0v) is 15.8. The Balaban J connectivity index is 1.74. The van der Waals surface area contributed by atoms with Crippen LogP contribution in [0.25, 0.3) is 11.3 Å². The minimum absolute atomic E-state index is 0.0783. The van der Waals surface area contributed by atoms with E-state index in [1.165, 1.54) is 0 Å². The number of anilines is 2. The number of carbonyl (C=O) groups excluding carboxylic acids is 2. The summed E-state index contributed by atoms with van der Waals surface area (Å²) in [6.07, 6.45) is 3.98. The fourth-order valence-corrected chi connectivity index (χ4v) is 3.69. The van der Waals surface area contributed by atoms with Crippen LogP contribution in [0, 0.1) is 5.92 Å². The second-order valence-electron chi connectivity index (χ2n) is 7.00. The molecule has 0 spiro atoms. The lowest BCUT2D eigenvalue weighted by atomic mass is 9.85. The number of Topliss-reactive ketones (excluding diaryl/α,β-unsaturated/α-hetero) is 1. The van der Waals surface area contributed by atoms with Gasteiger partial charge in [-0.2, -0.15) is 0 Å². The molecule has 1 amide bonds. The van der Waals surface area contributed by atoms with Crippen LogP contribution in [-0.4, -0.2) is 39.9 Å². The number of rotatable bonds is 6. The summed E-state index contributed by atoms with van der Waals surface area (Å²) in [5.74, 6) is -0.740. The molecule has 4 N–H and O–H groups in total. The third-order valence-electron chi connectivity index (χ3n) is 5.03. The van der Waals surface area contributed by atoms with E-state index >= 15 is 0 Å². The second kappa shape index (κ2) is 8.28. The highest BCUT2D eigenvalue weighted by Crippen LogP contribution is 2.39. The molecule has 1 unspecified atom stereocenters. The van der Waals surface area contributed by atoms with Crippen molar-refractivity contribution in [3.05, 3.63) is 66.1 Å². The first-order valence-corrected chi connectivity index (χ1v) is 9.56. The molecule has 2 aromatic heterocycles. The number of hydrogen-bond acceptors (Lipinski definition) is 5. The normalized spacial score (nSPS) is 15.6. The average molecular weight is 390 g/mol. The summed E-state index contributed by atoms with van der Waals surface area (Å²) in [5, 5.41) is 15.0. The van der Waals surface area contributed by atoms with Gasteiger partial charge in [-0.3, -0.25) is 14.6 Å². The van der Waals surface area contributed by atoms with E-state index in [9.17, 15) is 9.59 Å². The summed E-state index contributed by atoms with van der Waals surface area (Å²) >= 11 is 0. The predicted molar refractivity (Wildman–Crippen MR) is 110 cm³/mol. The van der Waals surface area contributed by atoms with Gasteiger partial charge in [0.15, 0.2) is 5.78 Å². The number of carbonyl (C=O) groups is 2. The number of aliphatic hydroxyl groups excluding tert-OH is 1. The monoisotopic (exact) mass is 390 g/mol. The molecule has 1 atom stereocenters. The fraction of sp³-hybridized carbons (Fsp3) is 0.227. The van der Waals surface area contributed by atoms with Crippen LogP contribution in [0.4, 0.5) is 11.4 Å². The summed E-state index contributed by atoms with van der Waals surface area (Å²) in [4.78, 5) is 32.8. The van der Waals surface area contributed by atoms with Crippen LogP contribution in [0.1, 0.15) is 22.5 Å². The van der Waals surface area contributed by atoms with Crippen LogP contribution in [0.3, 0.4) is 0 Å². The van der Waals surface area contributed by atoms with Gasteiger partial charge in [0, 0.05) is 48.7 Å². The van der Waals surface area contributed by atoms with Crippen LogP contribution in [0.15, 0.2) is 54.9 Å². The van der Waals surface area contributed by atoms with Gasteiger partial charge in [0.05, 0.1) is 29.5 Å². The van der Waals surface area contributed by atoms with Crippen molar-refractivity contribution in [3.8, 4) is 11.3 Å². The molecular weight excluding hydrogens is 368 g/mol. The van der Waals surface area contributed by atoms with E-state index in [4.69, 9.17) is 5.11 Å². The van der Waals surface area contributed by atoms with Gasteiger partial charge in [-0.25, -0.2) is 0 Å². The minimum Gasteiger partial charge on any atom is -0.395 e. The Hall–Kier alpha value is -3.45. The van der Waals surface area contributed by atoms with Gasteiger partial charge in [-0.15, -0.1) is 0 Å². The largest absolute Gasteiger partial charge is 0.395 e. The summed E-state index contributed by atoms with van der Waals surface area (Å²) in [6, 6.07) is 13.4. The lowest BCUT2D eigenvalue weighted by molar-refractivity contribution is -0.125. The van der Waals surface area contributed by atoms with Gasteiger partial charge in [0.1, 0.15) is 0 Å². The highest BCUT2D eigenvalue weighted by Gasteiger charge is 2.34. The number of para-hydroxylation sites is 1. The minimum atomic E-state index is -0.449. The molecule has 0 radical (unpaired) electrons. The van der Waals surface area contributed by atoms with Crippen LogP contribution < -0.4 is 10.6 Å². The number of aliphatic hydroxyl groups is 1. The molecule has 3 aromatic rings. The first-order chi connectivity index (χ1) is 14.2. The molecule has 0 saturated heterocycles. The van der Waals surface area contributed by atoms with Gasteiger partial charge in [-0.1, -0.05) is 18.2 Å². The van der Waals surface area contributed by atoms with Crippen LogP contribution in [0.2, 0.25) is 0 Å². The van der Waals surface area contributed by atoms with E-state index in [0.29, 0.717) is 12.0 Å². The maximum absolute atomic E-state index is 13.0. The van der Waals surface area contributed by atoms with E-state index in [0.717, 1.165) is 28.3 Å². The smallest absolute Gasteiger partial charge is 0.224 e. The number of pyridine rings is 1. The molecular formula is C22H22N4O3. The van der Waals surface area contributed by atoms with E-state index in [-0.39, 0.29) is 31.3 Å². The van der Waals surface area contributed by atoms with Crippen molar-refractivity contribution in [3.63, 3.8) is 0 Å². The molecule has 7 heteroatoms. The Morgan fingerprint density at radius 3 is 2.62 bits per heavy atom. The van der Waals surface area contributed by atoms with Crippen molar-refractivity contribution in [1.29, 1.82) is 0 Å². The van der Waals surface area contributed by atoms with E-state index in [2.05, 4.69) is 20.6 Å². The van der Waals surface area contributed by atoms with Crippen molar-refractivity contribution < 1.29 is 14.7 Å². The Labute approximate surface area is 168 Å². The summed E-state index contributed by atoms with van der Waals surface area (Å²) < 4.78 is 0. The molecule has 148 valence electrons. The number of aromatic amines is 1. The quantitative estimate of drug-likeness (QED) is 0.518. The molecule has 7 nitrogen and oxygen atoms in total. The lowest BCUT2D eigenvalue weighted by Gasteiger charge is -2.21. The molecule has 0 bridgehead atoms. The summed E-state index contributed by atoms with van der Waals surface area (Å²) in [7, 11) is 0. The Morgan fingerprint density at radius 1 is 1.14 bits per heavy atom. The molecule has 0 aliphatic heterocycles. The lowest BCUT2D eigenvalue weighted by Crippen LogP contribution is -2.37. The average Bonchev–Trinajstić information content (AvgIpc) is 3.12. The first kappa shape index (κ1) is 18.9. The standard InChI is InChI=1S/C22H22N4O3/c27-11-10-24-22(29)15-12-17-19(18(28)13-15)21(25-16-4-2-1-3-5-16)20(26-17)14-6-8-23-9-7-14/h1-9,15,25-27H,10-13H2,(H,24,29). The zero-order valence-electron chi connectivity index (χ0n) is 15.8. The highest BCUT2D eigenvalue weighted by molar-refractivity contribution is 6.09. The van der Waals surface area contributed by atoms with Gasteiger partial charge in [-0.05, 0) is 24.3 Å². The highest BCUT2D eigenvalue weighted by atomic mass is 16.3. The Kier molecular flexibility index (Phi) is 5.39. The number of aromatic nitrogens is 2. The van der Waals surface area contributed by atoms with Gasteiger partial charge in [0.2, 0.25) is 5.91 Å². The number of hydrogen-bond donors (Lipinski definition) is 4. The Bertz CT molecular complexity index is 1020. The molecule has 2 heterocycles. The van der Waals surface area contributed by atoms with Gasteiger partial charge in [0.25, 0.3) is 0 Å². The zero-order chi connectivity index (χ0) is 20.2. The maximum atomic E-state index is 13.0. The number of nitrogens with one attached hydrogen (secondary N) is 3. The summed E-state index contributed by atoms with van der Waals surface area (Å²) in [5.41, 5.74) is 4.65. The van der Waals surface area contributed by atoms with Crippen molar-refractivity contribution in [2.45, 2.75) is 12.8 Å². The number of nitrogens with zero attached hydrogens (tertiary/aromatic N) is 1. The van der Waals surface area contributed by atoms with E-state index in [1.807, 2.05) is 42.5 Å². The van der Waals surface area contributed by atoms with Crippen LogP contribution in [-0.2, 0) is 11.2 Å². The second-order valence-corrected chi connectivity index (χ2v) is 7.00. The predicted octanol–water partition coefficient (Wildman–Crippen LogP) is 2.67. The molecule has 4 rings (SSSR count). The topological polar surface area (TPSA) is 107 Å². The SMILES string of the molecule is O=C1CC(C(=O)NCCO)Cc2[nH]c(-c3ccncc3)c(Nc3ccccc3)c21. The van der Waals surface area contributed by atoms with Crippen molar-refractivity contribution in [1.82, 2.24) is 15.3 Å². The first-order valence-electron chi connectivity index (χ1n) is 9.56. The number of benzene rings is 1. The number of amides is 1. The molecule has 29 heavy (non-hydrogen) atoms. The van der Waals surface area contributed by atoms with Gasteiger partial charge < -0.3 is 20.7 Å². The molecule has 1 aliphatic carbocycles. The van der Waals surface area contributed by atoms with E-state index in [1.54, 1.807) is 12.4 Å². The number of H-pyrrole nitrogens is 1. The van der Waals surface area contributed by atoms with Gasteiger partial charge >= 0.3 is 0 Å². The Morgan fingerprint density at radius 2 is 1.90 bits per heavy atom. The van der Waals surface area contributed by atoms with Crippen molar-refractivity contribution in [2.75, 3.05) is 18.5 Å².